The summed E-state index contributed by atoms with van der Waals surface area (Å²) < 4.78 is 41.0. The first-order valence-electron chi connectivity index (χ1n) is 13.4. The van der Waals surface area contributed by atoms with Crippen LogP contribution in [0.15, 0.2) is 42.3 Å². The number of piperidine rings is 1. The van der Waals surface area contributed by atoms with Crippen molar-refractivity contribution in [2.45, 2.75) is 70.5 Å². The number of pyridine rings is 1. The van der Waals surface area contributed by atoms with Crippen molar-refractivity contribution in [2.75, 3.05) is 36.4 Å². The van der Waals surface area contributed by atoms with Gasteiger partial charge in [-0.1, -0.05) is 32.4 Å². The minimum atomic E-state index is -4.45. The van der Waals surface area contributed by atoms with Gasteiger partial charge in [0.1, 0.15) is 17.5 Å². The fraction of sp³-hybridized carbons (Fsp3) is 0.536. The Morgan fingerprint density at radius 2 is 1.81 bits per heavy atom. The molecule has 2 aromatic rings. The van der Waals surface area contributed by atoms with Crippen molar-refractivity contribution in [2.24, 2.45) is 0 Å². The summed E-state index contributed by atoms with van der Waals surface area (Å²) >= 11 is 0. The molecule has 0 amide bonds. The van der Waals surface area contributed by atoms with E-state index >= 15 is 0 Å². The summed E-state index contributed by atoms with van der Waals surface area (Å²) in [5.74, 6) is 1.63. The lowest BCUT2D eigenvalue weighted by atomic mass is 10.0. The zero-order valence-corrected chi connectivity index (χ0v) is 21.6. The van der Waals surface area contributed by atoms with Crippen molar-refractivity contribution < 1.29 is 13.2 Å². The Morgan fingerprint density at radius 3 is 2.51 bits per heavy atom. The molecular formula is C28H35F3N6. The largest absolute Gasteiger partial charge is 0.419 e. The molecule has 6 nitrogen and oxygen atoms in total. The Hall–Kier alpha value is -2.94. The van der Waals surface area contributed by atoms with Gasteiger partial charge >= 0.3 is 6.18 Å². The summed E-state index contributed by atoms with van der Waals surface area (Å²) in [6.45, 7) is 7.26. The second-order valence-electron chi connectivity index (χ2n) is 10.4. The molecule has 9 heteroatoms. The van der Waals surface area contributed by atoms with Crippen molar-refractivity contribution in [3.05, 3.63) is 64.9 Å². The van der Waals surface area contributed by atoms with E-state index in [2.05, 4.69) is 47.3 Å². The van der Waals surface area contributed by atoms with Crippen LogP contribution in [0.2, 0.25) is 0 Å². The maximum Gasteiger partial charge on any atom is 0.419 e. The highest BCUT2D eigenvalue weighted by Gasteiger charge is 2.36. The van der Waals surface area contributed by atoms with Gasteiger partial charge in [-0.15, -0.1) is 0 Å². The van der Waals surface area contributed by atoms with E-state index in [9.17, 15) is 13.2 Å². The second kappa shape index (κ2) is 10.8. The molecule has 1 unspecified atom stereocenters. The van der Waals surface area contributed by atoms with Gasteiger partial charge in [0.25, 0.3) is 0 Å². The first-order valence-corrected chi connectivity index (χ1v) is 13.4. The summed E-state index contributed by atoms with van der Waals surface area (Å²) in [7, 11) is 0. The SMILES string of the molecule is CC(C)c1nc2c(c(NC3=CCC(N4CCCCC4)C=C3)n1)CCN(c1ncccc1C(F)(F)F)CC2. The fourth-order valence-corrected chi connectivity index (χ4v) is 5.42. The zero-order valence-electron chi connectivity index (χ0n) is 21.6. The van der Waals surface area contributed by atoms with Crippen LogP contribution >= 0.6 is 0 Å². The van der Waals surface area contributed by atoms with Gasteiger partial charge in [0.15, 0.2) is 0 Å². The number of allylic oxidation sites excluding steroid dienone is 1. The molecule has 3 aliphatic rings. The van der Waals surface area contributed by atoms with Crippen LogP contribution in [0.5, 0.6) is 0 Å². The molecule has 0 saturated carbocycles. The van der Waals surface area contributed by atoms with E-state index in [1.54, 1.807) is 4.90 Å². The van der Waals surface area contributed by atoms with Gasteiger partial charge in [0, 0.05) is 48.9 Å². The number of nitrogens with zero attached hydrogens (tertiary/aromatic N) is 5. The number of rotatable bonds is 5. The van der Waals surface area contributed by atoms with E-state index in [0.29, 0.717) is 32.0 Å². The van der Waals surface area contributed by atoms with Gasteiger partial charge in [-0.3, -0.25) is 4.90 Å². The number of alkyl halides is 3. The van der Waals surface area contributed by atoms with Crippen LogP contribution in [0.3, 0.4) is 0 Å². The van der Waals surface area contributed by atoms with Gasteiger partial charge < -0.3 is 10.2 Å². The molecule has 1 N–H and O–H groups in total. The lowest BCUT2D eigenvalue weighted by Gasteiger charge is -2.33. The van der Waals surface area contributed by atoms with Crippen LogP contribution in [0.25, 0.3) is 0 Å². The number of halogens is 3. The summed E-state index contributed by atoms with van der Waals surface area (Å²) in [6, 6.07) is 2.88. The minimum absolute atomic E-state index is 0.0176. The fourth-order valence-electron chi connectivity index (χ4n) is 5.42. The number of hydrogen-bond acceptors (Lipinski definition) is 6. The monoisotopic (exact) mass is 512 g/mol. The van der Waals surface area contributed by atoms with E-state index in [1.807, 2.05) is 0 Å². The molecule has 1 atom stereocenters. The number of likely N-dealkylation sites (tertiary alicyclic amines) is 1. The van der Waals surface area contributed by atoms with Crippen LogP contribution in [-0.2, 0) is 19.0 Å². The predicted molar refractivity (Wildman–Crippen MR) is 140 cm³/mol. The highest BCUT2D eigenvalue weighted by molar-refractivity contribution is 5.56. The molecule has 0 radical (unpaired) electrons. The standard InChI is InChI=1S/C28H35F3N6/c1-19(2)25-34-24-13-18-37(27-23(28(29,30)31)7-6-14-32-27)17-12-22(24)26(35-25)33-20-8-10-21(11-9-20)36-15-4-3-5-16-36/h6-10,14,19,21H,3-5,11-13,15-18H2,1-2H3,(H,33,34,35). The molecule has 5 rings (SSSR count). The van der Waals surface area contributed by atoms with Crippen molar-refractivity contribution >= 4 is 11.6 Å². The van der Waals surface area contributed by atoms with Crippen LogP contribution < -0.4 is 10.2 Å². The van der Waals surface area contributed by atoms with E-state index in [-0.39, 0.29) is 11.7 Å². The number of anilines is 2. The number of nitrogens with one attached hydrogen (secondary N) is 1. The van der Waals surface area contributed by atoms with E-state index in [0.717, 1.165) is 54.2 Å². The molecule has 37 heavy (non-hydrogen) atoms. The topological polar surface area (TPSA) is 57.2 Å². The van der Waals surface area contributed by atoms with E-state index in [1.165, 1.54) is 31.5 Å². The summed E-state index contributed by atoms with van der Waals surface area (Å²) in [6.07, 6.45) is 9.50. The van der Waals surface area contributed by atoms with Gasteiger partial charge in [-0.25, -0.2) is 15.0 Å². The van der Waals surface area contributed by atoms with Crippen LogP contribution in [0.4, 0.5) is 24.8 Å². The third-order valence-corrected chi connectivity index (χ3v) is 7.47. The van der Waals surface area contributed by atoms with E-state index < -0.39 is 11.7 Å². The Balaban J connectivity index is 1.37. The van der Waals surface area contributed by atoms with Crippen molar-refractivity contribution in [3.8, 4) is 0 Å². The molecule has 2 aromatic heterocycles. The molecule has 1 aliphatic carbocycles. The van der Waals surface area contributed by atoms with Crippen molar-refractivity contribution in [1.82, 2.24) is 19.9 Å². The lowest BCUT2D eigenvalue weighted by Crippen LogP contribution is -2.38. The maximum absolute atomic E-state index is 13.7. The smallest absolute Gasteiger partial charge is 0.355 e. The summed E-state index contributed by atoms with van der Waals surface area (Å²) in [4.78, 5) is 18.1. The average molecular weight is 513 g/mol. The number of fused-ring (bicyclic) bond motifs is 1. The quantitative estimate of drug-likeness (QED) is 0.552. The zero-order chi connectivity index (χ0) is 26.0. The molecule has 0 bridgehead atoms. The maximum atomic E-state index is 13.7. The molecule has 4 heterocycles. The van der Waals surface area contributed by atoms with Crippen molar-refractivity contribution in [1.29, 1.82) is 0 Å². The third kappa shape index (κ3) is 5.81. The Morgan fingerprint density at radius 1 is 1.03 bits per heavy atom. The Kier molecular flexibility index (Phi) is 7.51. The molecule has 2 aliphatic heterocycles. The first-order chi connectivity index (χ1) is 17.8. The van der Waals surface area contributed by atoms with Gasteiger partial charge in [-0.2, -0.15) is 13.2 Å². The minimum Gasteiger partial charge on any atom is -0.355 e. The van der Waals surface area contributed by atoms with Crippen LogP contribution in [0.1, 0.15) is 68.1 Å². The molecule has 0 spiro atoms. The van der Waals surface area contributed by atoms with Crippen LogP contribution in [0, 0.1) is 0 Å². The lowest BCUT2D eigenvalue weighted by molar-refractivity contribution is -0.137. The van der Waals surface area contributed by atoms with Gasteiger partial charge in [-0.05, 0) is 57.0 Å². The second-order valence-corrected chi connectivity index (χ2v) is 10.4. The molecular weight excluding hydrogens is 477 g/mol. The molecule has 198 valence electrons. The highest BCUT2D eigenvalue weighted by Crippen LogP contribution is 2.36. The Bertz CT molecular complexity index is 1170. The summed E-state index contributed by atoms with van der Waals surface area (Å²) in [5.41, 5.74) is 2.19. The van der Waals surface area contributed by atoms with Gasteiger partial charge in [0.2, 0.25) is 0 Å². The van der Waals surface area contributed by atoms with E-state index in [4.69, 9.17) is 9.97 Å². The number of hydrogen-bond donors (Lipinski definition) is 1. The van der Waals surface area contributed by atoms with Crippen LogP contribution in [-0.4, -0.2) is 52.1 Å². The average Bonchev–Trinajstić information content (AvgIpc) is 3.12. The highest BCUT2D eigenvalue weighted by atomic mass is 19.4. The molecule has 1 fully saturated rings. The predicted octanol–water partition coefficient (Wildman–Crippen LogP) is 5.73. The molecule has 0 aromatic carbocycles. The van der Waals surface area contributed by atoms with Gasteiger partial charge in [0.05, 0.1) is 11.3 Å². The van der Waals surface area contributed by atoms with Crippen molar-refractivity contribution in [3.63, 3.8) is 0 Å². The summed E-state index contributed by atoms with van der Waals surface area (Å²) in [5, 5.41) is 3.54. The first kappa shape index (κ1) is 25.7. The molecule has 1 saturated heterocycles. The third-order valence-electron chi connectivity index (χ3n) is 7.47. The number of aromatic nitrogens is 3. The Labute approximate surface area is 216 Å². The normalized spacial score (nSPS) is 21.0.